The highest BCUT2D eigenvalue weighted by Crippen LogP contribution is 2.50. The number of amides is 1. The molecule has 0 radical (unpaired) electrons. The van der Waals surface area contributed by atoms with Gasteiger partial charge in [0.2, 0.25) is 5.91 Å². The molecule has 1 saturated heterocycles. The van der Waals surface area contributed by atoms with Crippen molar-refractivity contribution in [2.24, 2.45) is 17.8 Å². The minimum absolute atomic E-state index is 0.171. The number of piperidine rings is 1. The predicted octanol–water partition coefficient (Wildman–Crippen LogP) is 3.45. The van der Waals surface area contributed by atoms with Crippen LogP contribution in [-0.2, 0) is 9.59 Å². The average molecular weight is 307 g/mol. The zero-order valence-electron chi connectivity index (χ0n) is 13.5. The molecule has 0 bridgehead atoms. The van der Waals surface area contributed by atoms with Gasteiger partial charge in [0.25, 0.3) is 0 Å². The molecule has 0 spiro atoms. The van der Waals surface area contributed by atoms with Gasteiger partial charge >= 0.3 is 5.97 Å². The summed E-state index contributed by atoms with van der Waals surface area (Å²) in [4.78, 5) is 25.7. The molecule has 1 aliphatic heterocycles. The van der Waals surface area contributed by atoms with Crippen molar-refractivity contribution in [3.63, 3.8) is 0 Å². The fraction of sp³-hybridized carbons (Fsp3) is 0.889. The first kappa shape index (κ1) is 15.8. The molecule has 4 heteroatoms. The summed E-state index contributed by atoms with van der Waals surface area (Å²) in [6, 6.07) is 0.171. The van der Waals surface area contributed by atoms with Crippen molar-refractivity contribution in [1.82, 2.24) is 4.90 Å². The van der Waals surface area contributed by atoms with E-state index in [4.69, 9.17) is 5.11 Å². The van der Waals surface area contributed by atoms with Gasteiger partial charge in [-0.3, -0.25) is 9.59 Å². The van der Waals surface area contributed by atoms with Gasteiger partial charge < -0.3 is 10.0 Å². The number of likely N-dealkylation sites (tertiary alicyclic amines) is 1. The lowest BCUT2D eigenvalue weighted by Gasteiger charge is -2.36. The molecule has 1 amide bonds. The first-order valence-corrected chi connectivity index (χ1v) is 9.19. The first-order chi connectivity index (χ1) is 10.7. The number of hydrogen-bond acceptors (Lipinski definition) is 2. The van der Waals surface area contributed by atoms with Crippen molar-refractivity contribution in [2.75, 3.05) is 6.54 Å². The zero-order chi connectivity index (χ0) is 15.5. The summed E-state index contributed by atoms with van der Waals surface area (Å²) in [5, 5.41) is 8.90. The molecule has 22 heavy (non-hydrogen) atoms. The van der Waals surface area contributed by atoms with Crippen LogP contribution in [0, 0.1) is 17.8 Å². The monoisotopic (exact) mass is 307 g/mol. The van der Waals surface area contributed by atoms with Gasteiger partial charge in [0.05, 0.1) is 0 Å². The van der Waals surface area contributed by atoms with E-state index in [9.17, 15) is 9.59 Å². The Hall–Kier alpha value is -1.06. The molecule has 3 fully saturated rings. The molecule has 3 aliphatic rings. The van der Waals surface area contributed by atoms with Gasteiger partial charge in [0, 0.05) is 24.9 Å². The van der Waals surface area contributed by atoms with Crippen LogP contribution in [-0.4, -0.2) is 34.5 Å². The van der Waals surface area contributed by atoms with Crippen molar-refractivity contribution in [2.45, 2.75) is 76.7 Å². The van der Waals surface area contributed by atoms with Crippen LogP contribution in [0.3, 0.4) is 0 Å². The van der Waals surface area contributed by atoms with E-state index in [-0.39, 0.29) is 18.4 Å². The van der Waals surface area contributed by atoms with Crippen LogP contribution < -0.4 is 0 Å². The van der Waals surface area contributed by atoms with Crippen molar-refractivity contribution in [1.29, 1.82) is 0 Å². The quantitative estimate of drug-likeness (QED) is 0.846. The van der Waals surface area contributed by atoms with Gasteiger partial charge in [-0.1, -0.05) is 32.1 Å². The number of carbonyl (C=O) groups excluding carboxylic acids is 1. The number of carboxylic acids is 1. The summed E-state index contributed by atoms with van der Waals surface area (Å²) in [6.45, 7) is 0.844. The van der Waals surface area contributed by atoms with Gasteiger partial charge in [-0.15, -0.1) is 0 Å². The highest BCUT2D eigenvalue weighted by Gasteiger charge is 2.49. The number of carbonyl (C=O) groups is 2. The normalized spacial score (nSPS) is 32.7. The van der Waals surface area contributed by atoms with Crippen molar-refractivity contribution < 1.29 is 14.7 Å². The molecule has 1 heterocycles. The first-order valence-electron chi connectivity index (χ1n) is 9.19. The third kappa shape index (κ3) is 3.64. The molecule has 2 saturated carbocycles. The molecular weight excluding hydrogens is 278 g/mol. The molecule has 3 atom stereocenters. The van der Waals surface area contributed by atoms with Crippen molar-refractivity contribution >= 4 is 11.9 Å². The van der Waals surface area contributed by atoms with E-state index in [1.54, 1.807) is 0 Å². The smallest absolute Gasteiger partial charge is 0.303 e. The number of hydrogen-bond donors (Lipinski definition) is 1. The lowest BCUT2D eigenvalue weighted by molar-refractivity contribution is -0.141. The predicted molar refractivity (Wildman–Crippen MR) is 84.4 cm³/mol. The molecular formula is C18H29NO3. The van der Waals surface area contributed by atoms with E-state index in [2.05, 4.69) is 0 Å². The second-order valence-corrected chi connectivity index (χ2v) is 7.52. The van der Waals surface area contributed by atoms with E-state index in [1.807, 2.05) is 4.90 Å². The minimum Gasteiger partial charge on any atom is -0.481 e. The highest BCUT2D eigenvalue weighted by atomic mass is 16.4. The highest BCUT2D eigenvalue weighted by molar-refractivity contribution is 5.82. The maximum atomic E-state index is 12.8. The fourth-order valence-electron chi connectivity index (χ4n) is 4.68. The molecule has 2 aliphatic carbocycles. The summed E-state index contributed by atoms with van der Waals surface area (Å²) in [7, 11) is 0. The fourth-order valence-corrected chi connectivity index (χ4v) is 4.68. The Morgan fingerprint density at radius 2 is 1.73 bits per heavy atom. The molecule has 3 unspecified atom stereocenters. The van der Waals surface area contributed by atoms with E-state index in [0.29, 0.717) is 18.2 Å². The van der Waals surface area contributed by atoms with E-state index < -0.39 is 5.97 Å². The third-order valence-corrected chi connectivity index (χ3v) is 6.01. The standard InChI is InChI=1S/C18H29NO3/c20-17(21)10-9-14-8-4-5-11-19(14)18(22)16-12-15(16)13-6-2-1-3-7-13/h13-16H,1-12H2,(H,20,21). The summed E-state index contributed by atoms with van der Waals surface area (Å²) in [5.41, 5.74) is 0. The second-order valence-electron chi connectivity index (χ2n) is 7.52. The average Bonchev–Trinajstić information content (AvgIpc) is 3.34. The topological polar surface area (TPSA) is 57.6 Å². The Kier molecular flexibility index (Phi) is 5.04. The Labute approximate surface area is 133 Å². The second kappa shape index (κ2) is 7.01. The molecule has 0 aromatic rings. The number of rotatable bonds is 5. The molecule has 0 aromatic heterocycles. The third-order valence-electron chi connectivity index (χ3n) is 6.01. The lowest BCUT2D eigenvalue weighted by atomic mass is 9.85. The Balaban J connectivity index is 1.54. The van der Waals surface area contributed by atoms with Crippen molar-refractivity contribution in [3.05, 3.63) is 0 Å². The van der Waals surface area contributed by atoms with Crippen LogP contribution in [0.15, 0.2) is 0 Å². The Morgan fingerprint density at radius 3 is 2.45 bits per heavy atom. The number of carboxylic acid groups (broad SMARTS) is 1. The van der Waals surface area contributed by atoms with Crippen LogP contribution in [0.5, 0.6) is 0 Å². The van der Waals surface area contributed by atoms with Gasteiger partial charge in [0.15, 0.2) is 0 Å². The van der Waals surface area contributed by atoms with Gasteiger partial charge in [-0.25, -0.2) is 0 Å². The van der Waals surface area contributed by atoms with Crippen LogP contribution >= 0.6 is 0 Å². The van der Waals surface area contributed by atoms with Gasteiger partial charge in [-0.05, 0) is 43.9 Å². The van der Waals surface area contributed by atoms with Crippen LogP contribution in [0.25, 0.3) is 0 Å². The SMILES string of the molecule is O=C(O)CCC1CCCCN1C(=O)C1CC1C1CCCCC1. The number of nitrogens with zero attached hydrogens (tertiary/aromatic N) is 1. The molecule has 1 N–H and O–H groups in total. The summed E-state index contributed by atoms with van der Waals surface area (Å²) in [5.74, 6) is 1.27. The zero-order valence-corrected chi connectivity index (χ0v) is 13.5. The number of aliphatic carboxylic acids is 1. The molecule has 0 aromatic carbocycles. The van der Waals surface area contributed by atoms with Gasteiger partial charge in [0.1, 0.15) is 0 Å². The molecule has 3 rings (SSSR count). The summed E-state index contributed by atoms with van der Waals surface area (Å²) >= 11 is 0. The molecule has 4 nitrogen and oxygen atoms in total. The van der Waals surface area contributed by atoms with Gasteiger partial charge in [-0.2, -0.15) is 0 Å². The Bertz CT molecular complexity index is 417. The largest absolute Gasteiger partial charge is 0.481 e. The van der Waals surface area contributed by atoms with E-state index in [0.717, 1.165) is 38.1 Å². The Morgan fingerprint density at radius 1 is 1.00 bits per heavy atom. The lowest BCUT2D eigenvalue weighted by Crippen LogP contribution is -2.45. The summed E-state index contributed by atoms with van der Waals surface area (Å²) < 4.78 is 0. The van der Waals surface area contributed by atoms with Crippen LogP contribution in [0.4, 0.5) is 0 Å². The minimum atomic E-state index is -0.746. The maximum Gasteiger partial charge on any atom is 0.303 e. The van der Waals surface area contributed by atoms with Crippen LogP contribution in [0.2, 0.25) is 0 Å². The van der Waals surface area contributed by atoms with E-state index in [1.165, 1.54) is 32.1 Å². The van der Waals surface area contributed by atoms with E-state index >= 15 is 0 Å². The maximum absolute atomic E-state index is 12.8. The molecule has 124 valence electrons. The van der Waals surface area contributed by atoms with Crippen LogP contribution in [0.1, 0.15) is 70.6 Å². The van der Waals surface area contributed by atoms with Crippen molar-refractivity contribution in [3.8, 4) is 0 Å². The summed E-state index contributed by atoms with van der Waals surface area (Å²) in [6.07, 6.45) is 11.8.